The number of amides is 4. The van der Waals surface area contributed by atoms with Gasteiger partial charge in [0.25, 0.3) is 5.91 Å². The van der Waals surface area contributed by atoms with E-state index in [-0.39, 0.29) is 30.3 Å². The molecule has 2 fully saturated rings. The number of hydrogen-bond donors (Lipinski definition) is 2. The van der Waals surface area contributed by atoms with E-state index in [0.717, 1.165) is 29.7 Å². The molecule has 2 N–H and O–H groups in total. The Bertz CT molecular complexity index is 892. The van der Waals surface area contributed by atoms with Crippen LogP contribution in [0.25, 0.3) is 0 Å². The summed E-state index contributed by atoms with van der Waals surface area (Å²) in [6.45, 7) is 6.90. The fourth-order valence-electron chi connectivity index (χ4n) is 4.99. The van der Waals surface area contributed by atoms with Gasteiger partial charge in [0.15, 0.2) is 11.5 Å². The molecule has 1 aliphatic carbocycles. The summed E-state index contributed by atoms with van der Waals surface area (Å²) in [5, 5.41) is 5.89. The second-order valence-electron chi connectivity index (χ2n) is 9.45. The molecule has 0 bridgehead atoms. The molecule has 3 aliphatic rings. The first-order chi connectivity index (χ1) is 15.3. The minimum atomic E-state index is -0.837. The second kappa shape index (κ2) is 9.00. The van der Waals surface area contributed by atoms with Crippen LogP contribution in [0.5, 0.6) is 11.5 Å². The van der Waals surface area contributed by atoms with Gasteiger partial charge in [0.1, 0.15) is 25.3 Å². The van der Waals surface area contributed by atoms with Crippen molar-refractivity contribution in [2.24, 2.45) is 11.8 Å². The van der Waals surface area contributed by atoms with Crippen LogP contribution in [0.1, 0.15) is 64.5 Å². The Morgan fingerprint density at radius 1 is 1.19 bits per heavy atom. The molecule has 1 saturated carbocycles. The Morgan fingerprint density at radius 2 is 1.88 bits per heavy atom. The molecule has 1 unspecified atom stereocenters. The molecule has 8 heteroatoms. The molecule has 1 aromatic carbocycles. The van der Waals surface area contributed by atoms with Crippen molar-refractivity contribution < 1.29 is 23.9 Å². The zero-order chi connectivity index (χ0) is 22.9. The zero-order valence-corrected chi connectivity index (χ0v) is 19.1. The summed E-state index contributed by atoms with van der Waals surface area (Å²) in [6.07, 6.45) is 4.20. The first-order valence-corrected chi connectivity index (χ1v) is 11.7. The lowest BCUT2D eigenvalue weighted by Gasteiger charge is -2.34. The first-order valence-electron chi connectivity index (χ1n) is 11.7. The Labute approximate surface area is 189 Å². The van der Waals surface area contributed by atoms with Gasteiger partial charge in [0, 0.05) is 0 Å². The third-order valence-corrected chi connectivity index (χ3v) is 6.99. The standard InChI is InChI=1S/C24H33N3O5/c1-4-16-7-9-24(10-8-16)22(29)27(23(30)26-24)14-20(28)25-21(15(2)3)17-5-6-18-19(13-17)32-12-11-31-18/h5-6,13,15-16,21H,4,7-12,14H2,1-3H3,(H,25,28)(H,26,30). The third-order valence-electron chi connectivity index (χ3n) is 6.99. The Morgan fingerprint density at radius 3 is 2.53 bits per heavy atom. The number of fused-ring (bicyclic) bond motifs is 1. The van der Waals surface area contributed by atoms with Gasteiger partial charge in [-0.05, 0) is 55.2 Å². The highest BCUT2D eigenvalue weighted by Crippen LogP contribution is 2.38. The lowest BCUT2D eigenvalue weighted by atomic mass is 9.75. The summed E-state index contributed by atoms with van der Waals surface area (Å²) in [7, 11) is 0. The van der Waals surface area contributed by atoms with Crippen LogP contribution in [-0.4, -0.2) is 48.0 Å². The van der Waals surface area contributed by atoms with Crippen LogP contribution in [0.2, 0.25) is 0 Å². The molecule has 1 aromatic rings. The van der Waals surface area contributed by atoms with Gasteiger partial charge in [0.05, 0.1) is 6.04 Å². The third kappa shape index (κ3) is 4.27. The molecule has 8 nitrogen and oxygen atoms in total. The lowest BCUT2D eigenvalue weighted by molar-refractivity contribution is -0.136. The van der Waals surface area contributed by atoms with Gasteiger partial charge >= 0.3 is 6.03 Å². The van der Waals surface area contributed by atoms with E-state index in [4.69, 9.17) is 9.47 Å². The topological polar surface area (TPSA) is 97.0 Å². The largest absolute Gasteiger partial charge is 0.486 e. The maximum atomic E-state index is 13.1. The van der Waals surface area contributed by atoms with Crippen LogP contribution >= 0.6 is 0 Å². The molecule has 174 valence electrons. The van der Waals surface area contributed by atoms with E-state index < -0.39 is 11.6 Å². The molecular weight excluding hydrogens is 410 g/mol. The fourth-order valence-corrected chi connectivity index (χ4v) is 4.99. The molecule has 0 radical (unpaired) electrons. The monoisotopic (exact) mass is 443 g/mol. The van der Waals surface area contributed by atoms with Gasteiger partial charge in [0.2, 0.25) is 5.91 Å². The zero-order valence-electron chi connectivity index (χ0n) is 19.1. The maximum Gasteiger partial charge on any atom is 0.325 e. The summed E-state index contributed by atoms with van der Waals surface area (Å²) in [5.74, 6) is 1.42. The predicted molar refractivity (Wildman–Crippen MR) is 118 cm³/mol. The number of urea groups is 1. The highest BCUT2D eigenvalue weighted by Gasteiger charge is 2.52. The van der Waals surface area contributed by atoms with Crippen LogP contribution in [0, 0.1) is 11.8 Å². The minimum Gasteiger partial charge on any atom is -0.486 e. The SMILES string of the molecule is CCC1CCC2(CC1)NC(=O)N(CC(=O)NC(c1ccc3c(c1)OCCO3)C(C)C)C2=O. The van der Waals surface area contributed by atoms with E-state index in [9.17, 15) is 14.4 Å². The van der Waals surface area contributed by atoms with Crippen LogP contribution < -0.4 is 20.1 Å². The van der Waals surface area contributed by atoms with Gasteiger partial charge < -0.3 is 20.1 Å². The van der Waals surface area contributed by atoms with Crippen LogP contribution in [-0.2, 0) is 9.59 Å². The number of carbonyl (C=O) groups is 3. The summed E-state index contributed by atoms with van der Waals surface area (Å²) in [4.78, 5) is 39.7. The quantitative estimate of drug-likeness (QED) is 0.659. The molecule has 1 saturated heterocycles. The van der Waals surface area contributed by atoms with Crippen LogP contribution in [0.4, 0.5) is 4.79 Å². The number of hydrogen-bond acceptors (Lipinski definition) is 5. The Kier molecular flexibility index (Phi) is 6.31. The van der Waals surface area contributed by atoms with Crippen molar-refractivity contribution in [2.75, 3.05) is 19.8 Å². The number of carbonyl (C=O) groups excluding carboxylic acids is 3. The Hall–Kier alpha value is -2.77. The number of imide groups is 1. The lowest BCUT2D eigenvalue weighted by Crippen LogP contribution is -2.50. The van der Waals surface area contributed by atoms with Crippen LogP contribution in [0.3, 0.4) is 0 Å². The number of rotatable bonds is 6. The maximum absolute atomic E-state index is 13.1. The van der Waals surface area contributed by atoms with Crippen molar-refractivity contribution in [3.05, 3.63) is 23.8 Å². The average Bonchev–Trinajstić information content (AvgIpc) is 3.01. The van der Waals surface area contributed by atoms with E-state index in [2.05, 4.69) is 17.6 Å². The second-order valence-corrected chi connectivity index (χ2v) is 9.45. The van der Waals surface area contributed by atoms with Gasteiger partial charge in [-0.3, -0.25) is 14.5 Å². The van der Waals surface area contributed by atoms with Crippen molar-refractivity contribution in [3.8, 4) is 11.5 Å². The van der Waals surface area contributed by atoms with E-state index >= 15 is 0 Å². The van der Waals surface area contributed by atoms with E-state index in [1.807, 2.05) is 32.0 Å². The molecule has 4 amide bonds. The van der Waals surface area contributed by atoms with Gasteiger partial charge in [-0.2, -0.15) is 0 Å². The van der Waals surface area contributed by atoms with Gasteiger partial charge in [-0.25, -0.2) is 4.79 Å². The smallest absolute Gasteiger partial charge is 0.325 e. The first kappa shape index (κ1) is 22.4. The number of benzene rings is 1. The van der Waals surface area contributed by atoms with Gasteiger partial charge in [-0.1, -0.05) is 33.3 Å². The van der Waals surface area contributed by atoms with E-state index in [1.165, 1.54) is 0 Å². The molecular formula is C24H33N3O5. The van der Waals surface area contributed by atoms with Crippen molar-refractivity contribution in [2.45, 2.75) is 64.5 Å². The van der Waals surface area contributed by atoms with E-state index in [1.54, 1.807) is 0 Å². The molecule has 4 rings (SSSR count). The molecule has 2 heterocycles. The molecule has 1 spiro atoms. The van der Waals surface area contributed by atoms with Crippen LogP contribution in [0.15, 0.2) is 18.2 Å². The summed E-state index contributed by atoms with van der Waals surface area (Å²) >= 11 is 0. The number of ether oxygens (including phenoxy) is 2. The van der Waals surface area contributed by atoms with Crippen molar-refractivity contribution in [3.63, 3.8) is 0 Å². The van der Waals surface area contributed by atoms with Gasteiger partial charge in [-0.15, -0.1) is 0 Å². The molecule has 1 atom stereocenters. The normalized spacial score (nSPS) is 25.8. The van der Waals surface area contributed by atoms with Crippen molar-refractivity contribution >= 4 is 17.8 Å². The molecule has 2 aliphatic heterocycles. The summed E-state index contributed by atoms with van der Waals surface area (Å²) in [6, 6.07) is 4.88. The molecule has 0 aromatic heterocycles. The number of nitrogens with one attached hydrogen (secondary N) is 2. The van der Waals surface area contributed by atoms with Crippen molar-refractivity contribution in [1.29, 1.82) is 0 Å². The minimum absolute atomic E-state index is 0.0975. The summed E-state index contributed by atoms with van der Waals surface area (Å²) in [5.41, 5.74) is 0.0557. The van der Waals surface area contributed by atoms with Crippen molar-refractivity contribution in [1.82, 2.24) is 15.5 Å². The number of nitrogens with zero attached hydrogens (tertiary/aromatic N) is 1. The fraction of sp³-hybridized carbons (Fsp3) is 0.625. The highest BCUT2D eigenvalue weighted by atomic mass is 16.6. The summed E-state index contributed by atoms with van der Waals surface area (Å²) < 4.78 is 11.3. The highest BCUT2D eigenvalue weighted by molar-refractivity contribution is 6.09. The van der Waals surface area contributed by atoms with E-state index in [0.29, 0.717) is 43.5 Å². The predicted octanol–water partition coefficient (Wildman–Crippen LogP) is 3.16. The Balaban J connectivity index is 1.43. The average molecular weight is 444 g/mol. The molecule has 32 heavy (non-hydrogen) atoms.